The molecule has 0 radical (unpaired) electrons. The van der Waals surface area contributed by atoms with Crippen LogP contribution in [0.3, 0.4) is 0 Å². The second-order valence-electron chi connectivity index (χ2n) is 9.49. The number of thioether (sulfide) groups is 1. The smallest absolute Gasteiger partial charge is 0.340 e. The van der Waals surface area contributed by atoms with Crippen molar-refractivity contribution < 1.29 is 14.6 Å². The van der Waals surface area contributed by atoms with Crippen molar-refractivity contribution in [1.29, 1.82) is 0 Å². The van der Waals surface area contributed by atoms with Crippen molar-refractivity contribution in [1.82, 2.24) is 9.47 Å². The first-order chi connectivity index (χ1) is 17.1. The normalized spacial score (nSPS) is 16.3. The van der Waals surface area contributed by atoms with Crippen LogP contribution < -0.4 is 0 Å². The Labute approximate surface area is 220 Å². The lowest BCUT2D eigenvalue weighted by molar-refractivity contribution is 0.0527. The van der Waals surface area contributed by atoms with Gasteiger partial charge in [-0.25, -0.2) is 4.79 Å². The summed E-state index contributed by atoms with van der Waals surface area (Å²) in [6.45, 7) is 4.87. The van der Waals surface area contributed by atoms with Gasteiger partial charge in [0.1, 0.15) is 5.75 Å². The van der Waals surface area contributed by atoms with Crippen LogP contribution in [0, 0.1) is 0 Å². The molecule has 1 saturated heterocycles. The maximum absolute atomic E-state index is 13.4. The third kappa shape index (κ3) is 5.27. The Morgan fingerprint density at radius 1 is 1.20 bits per heavy atom. The van der Waals surface area contributed by atoms with E-state index in [0.717, 1.165) is 66.0 Å². The molecule has 0 bridgehead atoms. The van der Waals surface area contributed by atoms with Crippen LogP contribution >= 0.6 is 27.7 Å². The third-order valence-corrected chi connectivity index (χ3v) is 8.59. The fourth-order valence-electron chi connectivity index (χ4n) is 5.19. The zero-order valence-electron chi connectivity index (χ0n) is 20.3. The average Bonchev–Trinajstić information content (AvgIpc) is 3.46. The van der Waals surface area contributed by atoms with Gasteiger partial charge in [0, 0.05) is 35.0 Å². The highest BCUT2D eigenvalue weighted by Crippen LogP contribution is 2.47. The zero-order valence-corrected chi connectivity index (χ0v) is 22.7. The number of aromatic hydroxyl groups is 1. The fourth-order valence-corrected chi connectivity index (χ4v) is 6.65. The van der Waals surface area contributed by atoms with E-state index in [9.17, 15) is 9.90 Å². The van der Waals surface area contributed by atoms with E-state index in [1.54, 1.807) is 0 Å². The molecule has 2 fully saturated rings. The van der Waals surface area contributed by atoms with E-state index < -0.39 is 0 Å². The minimum absolute atomic E-state index is 0.242. The Bertz CT molecular complexity index is 1200. The van der Waals surface area contributed by atoms with Crippen molar-refractivity contribution >= 4 is 44.6 Å². The van der Waals surface area contributed by atoms with Crippen LogP contribution in [0.2, 0.25) is 0 Å². The molecule has 1 aliphatic heterocycles. The first-order valence-corrected chi connectivity index (χ1v) is 14.6. The number of halogens is 1. The Balaban J connectivity index is 1.56. The largest absolute Gasteiger partial charge is 0.506 e. The number of aryl methyl sites for hydroxylation is 1. The highest BCUT2D eigenvalue weighted by molar-refractivity contribution is 9.10. The lowest BCUT2D eigenvalue weighted by atomic mass is 10.0. The topological polar surface area (TPSA) is 54.7 Å². The van der Waals surface area contributed by atoms with Gasteiger partial charge in [-0.15, -0.1) is 0 Å². The zero-order chi connectivity index (χ0) is 24.4. The Morgan fingerprint density at radius 2 is 1.94 bits per heavy atom. The van der Waals surface area contributed by atoms with Gasteiger partial charge in [-0.2, -0.15) is 11.8 Å². The van der Waals surface area contributed by atoms with Gasteiger partial charge in [0.15, 0.2) is 0 Å². The molecule has 1 aromatic heterocycles. The monoisotopic (exact) mass is 556 g/mol. The Morgan fingerprint density at radius 3 is 2.63 bits per heavy atom. The molecule has 2 heterocycles. The highest BCUT2D eigenvalue weighted by Gasteiger charge is 2.34. The maximum atomic E-state index is 13.4. The number of carbonyl (C=O) groups is 1. The number of carbonyl (C=O) groups excluding carboxylic acids is 1. The summed E-state index contributed by atoms with van der Waals surface area (Å²) in [6, 6.07) is 12.9. The van der Waals surface area contributed by atoms with Crippen molar-refractivity contribution in [2.45, 2.75) is 57.4 Å². The lowest BCUT2D eigenvalue weighted by Gasteiger charge is -2.18. The quantitative estimate of drug-likeness (QED) is 0.222. The number of rotatable bonds is 10. The molecule has 35 heavy (non-hydrogen) atoms. The number of ether oxygens (including phenoxy) is 1. The van der Waals surface area contributed by atoms with Crippen molar-refractivity contribution in [3.63, 3.8) is 0 Å². The Kier molecular flexibility index (Phi) is 7.75. The van der Waals surface area contributed by atoms with Gasteiger partial charge in [-0.1, -0.05) is 30.3 Å². The summed E-state index contributed by atoms with van der Waals surface area (Å²) < 4.78 is 8.65. The van der Waals surface area contributed by atoms with Crippen molar-refractivity contribution in [3.8, 4) is 5.75 Å². The predicted octanol–water partition coefficient (Wildman–Crippen LogP) is 6.69. The summed E-state index contributed by atoms with van der Waals surface area (Å²) >= 11 is 5.47. The predicted molar refractivity (Wildman–Crippen MR) is 146 cm³/mol. The van der Waals surface area contributed by atoms with Crippen molar-refractivity contribution in [2.24, 2.45) is 0 Å². The first kappa shape index (κ1) is 24.7. The molecule has 2 aliphatic rings. The van der Waals surface area contributed by atoms with E-state index in [1.165, 1.54) is 18.4 Å². The second kappa shape index (κ2) is 11.0. The van der Waals surface area contributed by atoms with E-state index in [0.29, 0.717) is 29.2 Å². The summed E-state index contributed by atoms with van der Waals surface area (Å²) in [5.41, 5.74) is 4.90. The van der Waals surface area contributed by atoms with Gasteiger partial charge >= 0.3 is 5.97 Å². The first-order valence-electron chi connectivity index (χ1n) is 12.7. The molecule has 7 heteroatoms. The van der Waals surface area contributed by atoms with E-state index in [4.69, 9.17) is 4.74 Å². The number of phenols is 1. The SMILES string of the molecule is CCOC(=O)c1c(CSCCc2ccccc2)n(C2CC2)c2cc(Br)c(O)c(CN3CCCC3)c12. The van der Waals surface area contributed by atoms with Gasteiger partial charge in [-0.05, 0) is 85.4 Å². The van der Waals surface area contributed by atoms with Crippen LogP contribution in [-0.4, -0.2) is 46.0 Å². The van der Waals surface area contributed by atoms with Crippen LogP contribution in [0.4, 0.5) is 0 Å². The van der Waals surface area contributed by atoms with E-state index in [2.05, 4.69) is 49.7 Å². The molecule has 0 unspecified atom stereocenters. The standard InChI is InChI=1S/C28H33BrN2O3S/c1-2-34-28(33)26-24(18-35-15-12-19-8-4-3-5-9-19)31(20-10-11-20)23-16-22(29)27(32)21(25(23)26)17-30-13-6-7-14-30/h3-5,8-9,16,20,32H,2,6-7,10-15,17-18H2,1H3. The molecule has 2 aromatic carbocycles. The molecule has 5 nitrogen and oxygen atoms in total. The maximum Gasteiger partial charge on any atom is 0.340 e. The lowest BCUT2D eigenvalue weighted by Crippen LogP contribution is -2.19. The molecule has 1 saturated carbocycles. The molecule has 0 atom stereocenters. The van der Waals surface area contributed by atoms with Crippen LogP contribution in [0.1, 0.15) is 65.8 Å². The fraction of sp³-hybridized carbons (Fsp3) is 0.464. The van der Waals surface area contributed by atoms with Crippen molar-refractivity contribution in [2.75, 3.05) is 25.4 Å². The average molecular weight is 558 g/mol. The summed E-state index contributed by atoms with van der Waals surface area (Å²) in [5.74, 6) is 1.69. The molecular weight excluding hydrogens is 524 g/mol. The number of benzene rings is 2. The van der Waals surface area contributed by atoms with Crippen molar-refractivity contribution in [3.05, 3.63) is 63.3 Å². The number of fused-ring (bicyclic) bond motifs is 1. The molecule has 186 valence electrons. The number of aromatic nitrogens is 1. The number of hydrogen-bond acceptors (Lipinski definition) is 5. The van der Waals surface area contributed by atoms with Gasteiger partial charge in [0.05, 0.1) is 22.2 Å². The van der Waals surface area contributed by atoms with Crippen LogP contribution in [0.5, 0.6) is 5.75 Å². The summed E-state index contributed by atoms with van der Waals surface area (Å²) in [5, 5.41) is 12.0. The summed E-state index contributed by atoms with van der Waals surface area (Å²) in [4.78, 5) is 15.8. The van der Waals surface area contributed by atoms with Crippen LogP contribution in [0.15, 0.2) is 40.9 Å². The molecule has 3 aromatic rings. The summed E-state index contributed by atoms with van der Waals surface area (Å²) in [6.07, 6.45) is 5.59. The number of nitrogens with zero attached hydrogens (tertiary/aromatic N) is 2. The van der Waals surface area contributed by atoms with Gasteiger partial charge in [-0.3, -0.25) is 4.90 Å². The minimum Gasteiger partial charge on any atom is -0.506 e. The van der Waals surface area contributed by atoms with Crippen LogP contribution in [-0.2, 0) is 23.5 Å². The van der Waals surface area contributed by atoms with Gasteiger partial charge in [0.25, 0.3) is 0 Å². The summed E-state index contributed by atoms with van der Waals surface area (Å²) in [7, 11) is 0. The molecule has 0 amide bonds. The number of esters is 1. The third-order valence-electron chi connectivity index (χ3n) is 7.01. The number of likely N-dealkylation sites (tertiary alicyclic amines) is 1. The molecular formula is C28H33BrN2O3S. The van der Waals surface area contributed by atoms with Crippen LogP contribution in [0.25, 0.3) is 10.9 Å². The molecule has 1 N–H and O–H groups in total. The molecule has 1 aliphatic carbocycles. The van der Waals surface area contributed by atoms with E-state index in [1.807, 2.05) is 30.8 Å². The molecule has 0 spiro atoms. The van der Waals surface area contributed by atoms with E-state index in [-0.39, 0.29) is 11.7 Å². The highest BCUT2D eigenvalue weighted by atomic mass is 79.9. The van der Waals surface area contributed by atoms with Gasteiger partial charge < -0.3 is 14.4 Å². The molecule has 5 rings (SSSR count). The second-order valence-corrected chi connectivity index (χ2v) is 11.5. The van der Waals surface area contributed by atoms with Gasteiger partial charge in [0.2, 0.25) is 0 Å². The minimum atomic E-state index is -0.278. The number of hydrogen-bond donors (Lipinski definition) is 1. The number of phenolic OH excluding ortho intramolecular Hbond substituents is 1. The van der Waals surface area contributed by atoms with E-state index >= 15 is 0 Å². The Hall–Kier alpha value is -1.96.